The van der Waals surface area contributed by atoms with Crippen LogP contribution in [0.3, 0.4) is 0 Å². The number of carbonyl (C=O) groups is 1. The maximum Gasteiger partial charge on any atom is 0.472 e. The van der Waals surface area contributed by atoms with Crippen LogP contribution in [0.5, 0.6) is 0 Å². The van der Waals surface area contributed by atoms with Gasteiger partial charge in [-0.25, -0.2) is 4.57 Å². The van der Waals surface area contributed by atoms with Gasteiger partial charge in [-0.15, -0.1) is 0 Å². The van der Waals surface area contributed by atoms with Crippen molar-refractivity contribution < 1.29 is 43.0 Å². The molecule has 0 aliphatic heterocycles. The lowest BCUT2D eigenvalue weighted by Crippen LogP contribution is -2.29. The van der Waals surface area contributed by atoms with Crippen molar-refractivity contribution in [2.45, 2.75) is 244 Å². The number of phosphoric ester groups is 1. The fourth-order valence-corrected chi connectivity index (χ4v) is 8.15. The summed E-state index contributed by atoms with van der Waals surface area (Å²) in [5.74, 6) is -0.422. The van der Waals surface area contributed by atoms with Gasteiger partial charge in [-0.1, -0.05) is 234 Å². The van der Waals surface area contributed by atoms with Crippen LogP contribution in [0, 0.1) is 0 Å². The molecule has 0 rings (SSSR count). The lowest BCUT2D eigenvalue weighted by atomic mass is 10.0. The molecule has 10 heteroatoms. The molecule has 0 aromatic carbocycles. The molecule has 0 aliphatic carbocycles. The van der Waals surface area contributed by atoms with E-state index in [9.17, 15) is 19.4 Å². The summed E-state index contributed by atoms with van der Waals surface area (Å²) >= 11 is 0. The van der Waals surface area contributed by atoms with Gasteiger partial charge >= 0.3 is 13.8 Å². The van der Waals surface area contributed by atoms with E-state index in [1.807, 2.05) is 0 Å². The zero-order chi connectivity index (χ0) is 48.1. The van der Waals surface area contributed by atoms with Crippen molar-refractivity contribution in [1.82, 2.24) is 0 Å². The number of rotatable bonds is 51. The molecule has 0 aromatic heterocycles. The maximum atomic E-state index is 12.7. The molecule has 3 atom stereocenters. The first-order valence-electron chi connectivity index (χ1n) is 26.9. The second-order valence-electron chi connectivity index (χ2n) is 17.9. The molecule has 0 spiro atoms. The Bertz CT molecular complexity index is 1260. The number of esters is 1. The smallest absolute Gasteiger partial charge is 0.457 e. The third kappa shape index (κ3) is 51.3. The van der Waals surface area contributed by atoms with E-state index in [1.54, 1.807) is 0 Å². The average Bonchev–Trinajstić information content (AvgIpc) is 3.31. The highest BCUT2D eigenvalue weighted by Crippen LogP contribution is 2.43. The first-order chi connectivity index (χ1) is 32.3. The second-order valence-corrected chi connectivity index (χ2v) is 19.3. The summed E-state index contributed by atoms with van der Waals surface area (Å²) in [6.07, 6.45) is 64.6. The summed E-state index contributed by atoms with van der Waals surface area (Å²) in [6, 6.07) is 0. The number of hydrogen-bond donors (Lipinski definition) is 3. The van der Waals surface area contributed by atoms with Gasteiger partial charge in [0.2, 0.25) is 0 Å². The van der Waals surface area contributed by atoms with Crippen LogP contribution in [-0.4, -0.2) is 66.3 Å². The summed E-state index contributed by atoms with van der Waals surface area (Å²) in [6.45, 7) is 3.38. The van der Waals surface area contributed by atoms with E-state index in [1.165, 1.54) is 135 Å². The van der Waals surface area contributed by atoms with Crippen LogP contribution in [0.15, 0.2) is 72.9 Å². The number of aliphatic hydroxyl groups excluding tert-OH is 2. The maximum absolute atomic E-state index is 12.7. The molecule has 9 nitrogen and oxygen atoms in total. The van der Waals surface area contributed by atoms with Gasteiger partial charge in [-0.3, -0.25) is 13.8 Å². The fraction of sp³-hybridized carbons (Fsp3) is 0.768. The number of phosphoric acid groups is 1. The van der Waals surface area contributed by atoms with Gasteiger partial charge in [0.1, 0.15) is 12.2 Å². The van der Waals surface area contributed by atoms with E-state index in [4.69, 9.17) is 23.6 Å². The quantitative estimate of drug-likeness (QED) is 0.0236. The van der Waals surface area contributed by atoms with Crippen molar-refractivity contribution in [1.29, 1.82) is 0 Å². The Balaban J connectivity index is 4.10. The van der Waals surface area contributed by atoms with Gasteiger partial charge in [0.05, 0.1) is 26.4 Å². The van der Waals surface area contributed by atoms with Crippen LogP contribution in [0.1, 0.15) is 232 Å². The fourth-order valence-electron chi connectivity index (χ4n) is 7.36. The number of ether oxygens (including phenoxy) is 2. The van der Waals surface area contributed by atoms with E-state index in [-0.39, 0.29) is 13.0 Å². The molecule has 66 heavy (non-hydrogen) atoms. The Morgan fingerprint density at radius 1 is 0.485 bits per heavy atom. The zero-order valence-corrected chi connectivity index (χ0v) is 43.3. The lowest BCUT2D eigenvalue weighted by molar-refractivity contribution is -0.154. The normalized spacial score (nSPS) is 14.3. The number of hydrogen-bond acceptors (Lipinski definition) is 8. The number of carbonyl (C=O) groups excluding carboxylic acids is 1. The van der Waals surface area contributed by atoms with Gasteiger partial charge < -0.3 is 24.6 Å². The molecular formula is C56H101O9P. The molecule has 0 aromatic rings. The Labute approximate surface area is 405 Å². The summed E-state index contributed by atoms with van der Waals surface area (Å²) in [5.41, 5.74) is 0. The van der Waals surface area contributed by atoms with Crippen molar-refractivity contribution in [3.63, 3.8) is 0 Å². The second kappa shape index (κ2) is 52.3. The highest BCUT2D eigenvalue weighted by molar-refractivity contribution is 7.47. The van der Waals surface area contributed by atoms with Crippen molar-refractivity contribution in [2.24, 2.45) is 0 Å². The topological polar surface area (TPSA) is 132 Å². The van der Waals surface area contributed by atoms with Crippen LogP contribution in [-0.2, 0) is 27.9 Å². The van der Waals surface area contributed by atoms with Crippen LogP contribution < -0.4 is 0 Å². The Morgan fingerprint density at radius 2 is 0.864 bits per heavy atom. The van der Waals surface area contributed by atoms with E-state index in [0.29, 0.717) is 13.0 Å². The summed E-state index contributed by atoms with van der Waals surface area (Å²) in [7, 11) is -4.54. The predicted octanol–water partition coefficient (Wildman–Crippen LogP) is 16.0. The molecule has 3 N–H and O–H groups in total. The van der Waals surface area contributed by atoms with Crippen molar-refractivity contribution in [3.8, 4) is 0 Å². The molecule has 0 aliphatic rings. The van der Waals surface area contributed by atoms with Gasteiger partial charge in [0, 0.05) is 13.0 Å². The standard InChI is InChI=1S/C56H101O9P/c1-3-5-7-9-11-13-15-17-19-21-23-25-26-27-29-31-33-35-37-39-41-43-45-47-49-62-52-55(53-64-66(60,61)63-51-54(58)50-57)65-56(59)48-46-44-42-40-38-36-34-32-30-28-24-22-20-18-16-14-12-10-8-6-4-2/h6,8,12,14,18,20,24,28,32,34,38,40,54-55,57-58H,3-5,7,9-11,13,15-17,19,21-23,25-27,29-31,33,35-37,39,41-53H2,1-2H3,(H,60,61)/b8-6-,14-12-,20-18-,28-24-,34-32-,40-38-. The minimum absolute atomic E-state index is 0.0307. The summed E-state index contributed by atoms with van der Waals surface area (Å²) in [5, 5.41) is 18.4. The summed E-state index contributed by atoms with van der Waals surface area (Å²) in [4.78, 5) is 22.7. The van der Waals surface area contributed by atoms with Crippen molar-refractivity contribution in [2.75, 3.05) is 33.0 Å². The van der Waals surface area contributed by atoms with Crippen molar-refractivity contribution in [3.05, 3.63) is 72.9 Å². The molecule has 384 valence electrons. The number of unbranched alkanes of at least 4 members (excludes halogenated alkanes) is 25. The zero-order valence-electron chi connectivity index (χ0n) is 42.4. The highest BCUT2D eigenvalue weighted by atomic mass is 31.2. The largest absolute Gasteiger partial charge is 0.472 e. The van der Waals surface area contributed by atoms with E-state index < -0.39 is 45.8 Å². The van der Waals surface area contributed by atoms with E-state index >= 15 is 0 Å². The molecule has 3 unspecified atom stereocenters. The van der Waals surface area contributed by atoms with Gasteiger partial charge in [-0.2, -0.15) is 0 Å². The minimum atomic E-state index is -4.54. The monoisotopic (exact) mass is 949 g/mol. The third-order valence-electron chi connectivity index (χ3n) is 11.4. The van der Waals surface area contributed by atoms with Gasteiger partial charge in [0.15, 0.2) is 0 Å². The first-order valence-corrected chi connectivity index (χ1v) is 28.4. The molecule has 0 fully saturated rings. The first kappa shape index (κ1) is 63.9. The minimum Gasteiger partial charge on any atom is -0.457 e. The molecular weight excluding hydrogens is 848 g/mol. The number of allylic oxidation sites excluding steroid dienone is 12. The van der Waals surface area contributed by atoms with Crippen LogP contribution in [0.4, 0.5) is 0 Å². The molecule has 0 bridgehead atoms. The average molecular weight is 949 g/mol. The molecule has 0 saturated carbocycles. The van der Waals surface area contributed by atoms with Gasteiger partial charge in [-0.05, 0) is 64.2 Å². The molecule has 0 amide bonds. The van der Waals surface area contributed by atoms with Crippen LogP contribution in [0.2, 0.25) is 0 Å². The van der Waals surface area contributed by atoms with E-state index in [2.05, 4.69) is 86.8 Å². The van der Waals surface area contributed by atoms with Crippen LogP contribution in [0.25, 0.3) is 0 Å². The third-order valence-corrected chi connectivity index (χ3v) is 12.4. The Morgan fingerprint density at radius 3 is 1.27 bits per heavy atom. The number of aliphatic hydroxyl groups is 2. The van der Waals surface area contributed by atoms with E-state index in [0.717, 1.165) is 70.6 Å². The van der Waals surface area contributed by atoms with Crippen molar-refractivity contribution >= 4 is 13.8 Å². The Hall–Kier alpha value is -2.10. The van der Waals surface area contributed by atoms with Gasteiger partial charge in [0.25, 0.3) is 0 Å². The predicted molar refractivity (Wildman–Crippen MR) is 279 cm³/mol. The van der Waals surface area contributed by atoms with Crippen LogP contribution >= 0.6 is 7.82 Å². The molecule has 0 heterocycles. The Kier molecular flexibility index (Phi) is 50.6. The SMILES string of the molecule is CC/C=C\C/C=C\C/C=C\C/C=C\C/C=C\C/C=C\CCCCC(=O)OC(COCCCCCCCCCCCCCCCCCCCCCCCCCC)COP(=O)(O)OCC(O)CO. The highest BCUT2D eigenvalue weighted by Gasteiger charge is 2.26. The summed E-state index contributed by atoms with van der Waals surface area (Å²) < 4.78 is 33.5. The lowest BCUT2D eigenvalue weighted by Gasteiger charge is -2.20. The molecule has 0 radical (unpaired) electrons. The molecule has 0 saturated heterocycles.